The summed E-state index contributed by atoms with van der Waals surface area (Å²) in [7, 11) is 1.63. The molecule has 0 bridgehead atoms. The number of aromatic nitrogens is 2. The minimum Gasteiger partial charge on any atom is -0.497 e. The number of hydrogen-bond acceptors (Lipinski definition) is 6. The van der Waals surface area contributed by atoms with Crippen molar-refractivity contribution in [3.8, 4) is 5.75 Å². The molecule has 6 nitrogen and oxygen atoms in total. The highest BCUT2D eigenvalue weighted by Gasteiger charge is 2.06. The Bertz CT molecular complexity index is 937. The van der Waals surface area contributed by atoms with E-state index in [1.165, 1.54) is 11.8 Å². The molecule has 28 heavy (non-hydrogen) atoms. The third-order valence-electron chi connectivity index (χ3n) is 3.64. The van der Waals surface area contributed by atoms with Gasteiger partial charge in [0.25, 0.3) is 0 Å². The Labute approximate surface area is 172 Å². The lowest BCUT2D eigenvalue weighted by atomic mass is 10.3. The van der Waals surface area contributed by atoms with E-state index < -0.39 is 0 Å². The summed E-state index contributed by atoms with van der Waals surface area (Å²) in [4.78, 5) is 21.4. The van der Waals surface area contributed by atoms with Crippen LogP contribution in [0.3, 0.4) is 0 Å². The van der Waals surface area contributed by atoms with Crippen molar-refractivity contribution in [3.05, 3.63) is 60.8 Å². The van der Waals surface area contributed by atoms with E-state index in [9.17, 15) is 4.79 Å². The van der Waals surface area contributed by atoms with Crippen LogP contribution in [-0.4, -0.2) is 28.9 Å². The normalized spacial score (nSPS) is 10.4. The van der Waals surface area contributed by atoms with Crippen LogP contribution in [0.5, 0.6) is 5.75 Å². The van der Waals surface area contributed by atoms with E-state index in [0.717, 1.165) is 27.0 Å². The third kappa shape index (κ3) is 5.87. The molecule has 1 amide bonds. The zero-order valence-corrected chi connectivity index (χ0v) is 16.8. The molecule has 144 valence electrons. The molecule has 0 spiro atoms. The van der Waals surface area contributed by atoms with Gasteiger partial charge in [-0.25, -0.2) is 9.97 Å². The summed E-state index contributed by atoms with van der Waals surface area (Å²) in [6.45, 7) is 0. The highest BCUT2D eigenvalue weighted by molar-refractivity contribution is 7.99. The number of amides is 1. The van der Waals surface area contributed by atoms with Gasteiger partial charge in [0, 0.05) is 34.8 Å². The second-order valence-corrected chi connectivity index (χ2v) is 7.16. The average Bonchev–Trinajstić information content (AvgIpc) is 2.69. The molecule has 8 heteroatoms. The van der Waals surface area contributed by atoms with Crippen molar-refractivity contribution in [1.29, 1.82) is 0 Å². The van der Waals surface area contributed by atoms with Crippen LogP contribution < -0.4 is 15.4 Å². The zero-order chi connectivity index (χ0) is 19.8. The number of halogens is 1. The fourth-order valence-corrected chi connectivity index (χ4v) is 3.34. The molecule has 0 saturated heterocycles. The molecule has 0 atom stereocenters. The van der Waals surface area contributed by atoms with Crippen molar-refractivity contribution in [3.63, 3.8) is 0 Å². The summed E-state index contributed by atoms with van der Waals surface area (Å²) in [5, 5.41) is 6.79. The Morgan fingerprint density at radius 3 is 2.71 bits per heavy atom. The average molecular weight is 415 g/mol. The maximum atomic E-state index is 11.7. The first kappa shape index (κ1) is 20.0. The van der Waals surface area contributed by atoms with Crippen LogP contribution in [0.4, 0.5) is 17.3 Å². The predicted octanol–water partition coefficient (Wildman–Crippen LogP) is 4.95. The quantitative estimate of drug-likeness (QED) is 0.401. The van der Waals surface area contributed by atoms with Gasteiger partial charge in [-0.15, -0.1) is 11.6 Å². The summed E-state index contributed by atoms with van der Waals surface area (Å²) < 4.78 is 5.16. The van der Waals surface area contributed by atoms with Gasteiger partial charge in [0.15, 0.2) is 0 Å². The van der Waals surface area contributed by atoms with E-state index in [-0.39, 0.29) is 12.3 Å². The van der Waals surface area contributed by atoms with E-state index >= 15 is 0 Å². The molecule has 3 rings (SSSR count). The maximum Gasteiger partial charge on any atom is 0.228 e. The summed E-state index contributed by atoms with van der Waals surface area (Å²) in [6, 6.07) is 16.9. The lowest BCUT2D eigenvalue weighted by Gasteiger charge is -2.08. The number of rotatable bonds is 8. The summed E-state index contributed by atoms with van der Waals surface area (Å²) in [5.41, 5.74) is 1.60. The Kier molecular flexibility index (Phi) is 7.11. The highest BCUT2D eigenvalue weighted by Crippen LogP contribution is 2.29. The van der Waals surface area contributed by atoms with E-state index in [1.54, 1.807) is 13.3 Å². The highest BCUT2D eigenvalue weighted by atomic mass is 35.5. The van der Waals surface area contributed by atoms with Gasteiger partial charge in [-0.2, -0.15) is 0 Å². The van der Waals surface area contributed by atoms with E-state index in [1.807, 2.05) is 54.6 Å². The molecule has 1 heterocycles. The van der Waals surface area contributed by atoms with E-state index in [0.29, 0.717) is 11.8 Å². The molecule has 0 aliphatic carbocycles. The van der Waals surface area contributed by atoms with Crippen LogP contribution in [0.2, 0.25) is 0 Å². The molecule has 0 unspecified atom stereocenters. The standard InChI is InChI=1S/C20H19ClN4O2S/c1-27-16-7-5-14(6-8-16)24-20-22-12-10-19(25-20)28-17-4-2-3-15(13-17)23-18(26)9-11-21/h2-8,10,12-13H,9,11H2,1H3,(H,23,26)(H,22,24,25). The minimum atomic E-state index is -0.106. The molecule has 0 fully saturated rings. The molecule has 2 N–H and O–H groups in total. The Hall–Kier alpha value is -2.77. The van der Waals surface area contributed by atoms with Crippen LogP contribution in [-0.2, 0) is 4.79 Å². The van der Waals surface area contributed by atoms with Crippen molar-refractivity contribution in [2.45, 2.75) is 16.3 Å². The summed E-state index contributed by atoms with van der Waals surface area (Å²) in [5.74, 6) is 1.48. The van der Waals surface area contributed by atoms with Gasteiger partial charge in [-0.05, 0) is 48.5 Å². The zero-order valence-electron chi connectivity index (χ0n) is 15.2. The van der Waals surface area contributed by atoms with Gasteiger partial charge in [0.05, 0.1) is 7.11 Å². The van der Waals surface area contributed by atoms with Crippen LogP contribution >= 0.6 is 23.4 Å². The number of carbonyl (C=O) groups is 1. The topological polar surface area (TPSA) is 76.1 Å². The van der Waals surface area contributed by atoms with Gasteiger partial charge in [0.1, 0.15) is 10.8 Å². The first-order valence-corrected chi connectivity index (χ1v) is 9.89. The Balaban J connectivity index is 1.67. The number of anilines is 3. The molecule has 2 aromatic carbocycles. The number of hydrogen-bond donors (Lipinski definition) is 2. The number of methoxy groups -OCH3 is 1. The van der Waals surface area contributed by atoms with Crippen LogP contribution in [0.15, 0.2) is 70.7 Å². The molecule has 0 saturated carbocycles. The molecule has 0 aliphatic heterocycles. The smallest absolute Gasteiger partial charge is 0.228 e. The van der Waals surface area contributed by atoms with Crippen LogP contribution in [0, 0.1) is 0 Å². The minimum absolute atomic E-state index is 0.106. The molecular weight excluding hydrogens is 396 g/mol. The third-order valence-corrected chi connectivity index (χ3v) is 4.75. The van der Waals surface area contributed by atoms with Crippen molar-refractivity contribution in [2.24, 2.45) is 0 Å². The maximum absolute atomic E-state index is 11.7. The second kappa shape index (κ2) is 9.96. The number of nitrogens with one attached hydrogen (secondary N) is 2. The van der Waals surface area contributed by atoms with Crippen molar-refractivity contribution in [1.82, 2.24) is 9.97 Å². The Morgan fingerprint density at radius 1 is 1.14 bits per heavy atom. The molecule has 3 aromatic rings. The van der Waals surface area contributed by atoms with E-state index in [2.05, 4.69) is 20.6 Å². The Morgan fingerprint density at radius 2 is 1.96 bits per heavy atom. The second-order valence-electron chi connectivity index (χ2n) is 5.69. The lowest BCUT2D eigenvalue weighted by molar-refractivity contribution is -0.115. The van der Waals surface area contributed by atoms with Gasteiger partial charge in [-0.3, -0.25) is 4.79 Å². The number of nitrogens with zero attached hydrogens (tertiary/aromatic N) is 2. The van der Waals surface area contributed by atoms with Crippen molar-refractivity contribution < 1.29 is 9.53 Å². The fourth-order valence-electron chi connectivity index (χ4n) is 2.33. The monoisotopic (exact) mass is 414 g/mol. The molecule has 0 radical (unpaired) electrons. The number of ether oxygens (including phenoxy) is 1. The number of benzene rings is 2. The molecule has 1 aromatic heterocycles. The molecular formula is C20H19ClN4O2S. The SMILES string of the molecule is COc1ccc(Nc2nccc(Sc3cccc(NC(=O)CCCl)c3)n2)cc1. The van der Waals surface area contributed by atoms with Gasteiger partial charge in [0.2, 0.25) is 11.9 Å². The van der Waals surface area contributed by atoms with Gasteiger partial charge in [-0.1, -0.05) is 17.8 Å². The fraction of sp³-hybridized carbons (Fsp3) is 0.150. The largest absolute Gasteiger partial charge is 0.497 e. The van der Waals surface area contributed by atoms with Gasteiger partial charge >= 0.3 is 0 Å². The number of carbonyl (C=O) groups excluding carboxylic acids is 1. The first-order chi connectivity index (χ1) is 13.7. The van der Waals surface area contributed by atoms with Crippen molar-refractivity contribution in [2.75, 3.05) is 23.6 Å². The summed E-state index contributed by atoms with van der Waals surface area (Å²) >= 11 is 7.08. The van der Waals surface area contributed by atoms with E-state index in [4.69, 9.17) is 16.3 Å². The van der Waals surface area contributed by atoms with Crippen LogP contribution in [0.1, 0.15) is 6.42 Å². The number of alkyl halides is 1. The van der Waals surface area contributed by atoms with Gasteiger partial charge < -0.3 is 15.4 Å². The first-order valence-electron chi connectivity index (χ1n) is 8.54. The van der Waals surface area contributed by atoms with Crippen molar-refractivity contribution >= 4 is 46.6 Å². The van der Waals surface area contributed by atoms with Crippen LogP contribution in [0.25, 0.3) is 0 Å². The lowest BCUT2D eigenvalue weighted by Crippen LogP contribution is -2.11. The predicted molar refractivity (Wildman–Crippen MR) is 113 cm³/mol. The molecule has 0 aliphatic rings. The summed E-state index contributed by atoms with van der Waals surface area (Å²) in [6.07, 6.45) is 1.98.